The fourth-order valence-corrected chi connectivity index (χ4v) is 1.49. The van der Waals surface area contributed by atoms with Crippen LogP contribution in [0.2, 0.25) is 0 Å². The van der Waals surface area contributed by atoms with E-state index in [2.05, 4.69) is 56.0 Å². The molecule has 0 amide bonds. The number of allylic oxidation sites excluding steroid dienone is 3. The van der Waals surface area contributed by atoms with Gasteiger partial charge in [-0.05, 0) is 31.2 Å². The minimum Gasteiger partial charge on any atom is -0.103 e. The van der Waals surface area contributed by atoms with E-state index in [0.717, 1.165) is 12.8 Å². The zero-order valence-electron chi connectivity index (χ0n) is 8.82. The molecule has 0 N–H and O–H groups in total. The van der Waals surface area contributed by atoms with E-state index in [0.29, 0.717) is 5.92 Å². The lowest BCUT2D eigenvalue weighted by molar-refractivity contribution is 0.660. The highest BCUT2D eigenvalue weighted by molar-refractivity contribution is 5.16. The summed E-state index contributed by atoms with van der Waals surface area (Å²) in [5.41, 5.74) is 1.39. The Morgan fingerprint density at radius 3 is 2.57 bits per heavy atom. The van der Waals surface area contributed by atoms with E-state index in [4.69, 9.17) is 0 Å². The normalized spacial score (nSPS) is 12.9. The Morgan fingerprint density at radius 1 is 1.29 bits per heavy atom. The smallest absolute Gasteiger partial charge is 0.0161 e. The van der Waals surface area contributed by atoms with Gasteiger partial charge in [-0.25, -0.2) is 0 Å². The summed E-state index contributed by atoms with van der Waals surface area (Å²) >= 11 is 0. The van der Waals surface area contributed by atoms with Gasteiger partial charge in [-0.1, -0.05) is 48.6 Å². The van der Waals surface area contributed by atoms with Crippen LogP contribution in [0, 0.1) is 5.92 Å². The van der Waals surface area contributed by atoms with E-state index in [1.807, 2.05) is 6.08 Å². The molecule has 74 valence electrons. The zero-order chi connectivity index (χ0) is 10.2. The molecule has 0 fully saturated rings. The maximum Gasteiger partial charge on any atom is -0.0161 e. The molecule has 0 radical (unpaired) electrons. The number of hydrogen-bond donors (Lipinski definition) is 0. The van der Waals surface area contributed by atoms with Gasteiger partial charge in [0.2, 0.25) is 0 Å². The molecule has 1 aromatic rings. The molecule has 0 saturated carbocycles. The lowest BCUT2D eigenvalue weighted by Gasteiger charge is -2.09. The minimum absolute atomic E-state index is 0.564. The fourth-order valence-electron chi connectivity index (χ4n) is 1.49. The average molecular weight is 186 g/mol. The molecule has 0 aliphatic carbocycles. The van der Waals surface area contributed by atoms with E-state index in [-0.39, 0.29) is 0 Å². The Hall–Kier alpha value is -1.30. The zero-order valence-corrected chi connectivity index (χ0v) is 8.82. The number of hydrogen-bond acceptors (Lipinski definition) is 0. The standard InChI is InChI=1S/C14H18/c1-3-5-9-13(4-2)12-14-10-7-6-8-11-14/h3-8,10-11,13H,2,9,12H2,1H3/b5-3-/t13-/m1/s1. The van der Waals surface area contributed by atoms with E-state index in [9.17, 15) is 0 Å². The molecule has 0 spiro atoms. The van der Waals surface area contributed by atoms with Crippen LogP contribution < -0.4 is 0 Å². The highest BCUT2D eigenvalue weighted by Gasteiger charge is 2.02. The third-order valence-electron chi connectivity index (χ3n) is 2.35. The Labute approximate surface area is 87.0 Å². The number of rotatable bonds is 5. The van der Waals surface area contributed by atoms with Gasteiger partial charge < -0.3 is 0 Å². The largest absolute Gasteiger partial charge is 0.103 e. The molecule has 0 aromatic heterocycles. The second kappa shape index (κ2) is 6.20. The third-order valence-corrected chi connectivity index (χ3v) is 2.35. The second-order valence-corrected chi connectivity index (χ2v) is 3.49. The Bertz CT molecular complexity index is 282. The minimum atomic E-state index is 0.564. The van der Waals surface area contributed by atoms with Crippen LogP contribution in [0.15, 0.2) is 55.1 Å². The topological polar surface area (TPSA) is 0 Å². The third kappa shape index (κ3) is 3.61. The van der Waals surface area contributed by atoms with Crippen molar-refractivity contribution in [2.45, 2.75) is 19.8 Å². The van der Waals surface area contributed by atoms with Crippen molar-refractivity contribution in [2.75, 3.05) is 0 Å². The molecule has 1 atom stereocenters. The predicted molar refractivity (Wildman–Crippen MR) is 63.3 cm³/mol. The summed E-state index contributed by atoms with van der Waals surface area (Å²) in [7, 11) is 0. The van der Waals surface area contributed by atoms with Crippen LogP contribution in [-0.2, 0) is 6.42 Å². The molecule has 0 saturated heterocycles. The molecule has 0 nitrogen and oxygen atoms in total. The van der Waals surface area contributed by atoms with Crippen molar-refractivity contribution in [3.63, 3.8) is 0 Å². The number of benzene rings is 1. The van der Waals surface area contributed by atoms with Gasteiger partial charge in [-0.2, -0.15) is 0 Å². The van der Waals surface area contributed by atoms with Crippen molar-refractivity contribution in [1.29, 1.82) is 0 Å². The van der Waals surface area contributed by atoms with Gasteiger partial charge >= 0.3 is 0 Å². The summed E-state index contributed by atoms with van der Waals surface area (Å²) in [5.74, 6) is 0.564. The maximum absolute atomic E-state index is 3.88. The Balaban J connectivity index is 2.52. The quantitative estimate of drug-likeness (QED) is 0.610. The molecular weight excluding hydrogens is 168 g/mol. The first-order chi connectivity index (χ1) is 6.86. The van der Waals surface area contributed by atoms with Gasteiger partial charge in [-0.15, -0.1) is 6.58 Å². The summed E-state index contributed by atoms with van der Waals surface area (Å²) in [5, 5.41) is 0. The Morgan fingerprint density at radius 2 is 2.00 bits per heavy atom. The van der Waals surface area contributed by atoms with Crippen LogP contribution in [0.25, 0.3) is 0 Å². The molecule has 0 aliphatic rings. The monoisotopic (exact) mass is 186 g/mol. The lowest BCUT2D eigenvalue weighted by atomic mass is 9.96. The second-order valence-electron chi connectivity index (χ2n) is 3.49. The molecule has 14 heavy (non-hydrogen) atoms. The molecule has 0 aliphatic heterocycles. The van der Waals surface area contributed by atoms with Crippen LogP contribution in [0.4, 0.5) is 0 Å². The van der Waals surface area contributed by atoms with Crippen LogP contribution in [-0.4, -0.2) is 0 Å². The molecule has 0 heteroatoms. The summed E-state index contributed by atoms with van der Waals surface area (Å²) < 4.78 is 0. The van der Waals surface area contributed by atoms with Crippen molar-refractivity contribution in [3.8, 4) is 0 Å². The molecule has 1 rings (SSSR count). The molecule has 0 heterocycles. The first-order valence-electron chi connectivity index (χ1n) is 5.14. The summed E-state index contributed by atoms with van der Waals surface area (Å²) in [4.78, 5) is 0. The van der Waals surface area contributed by atoms with E-state index >= 15 is 0 Å². The predicted octanol–water partition coefficient (Wildman–Crippen LogP) is 4.00. The van der Waals surface area contributed by atoms with Gasteiger partial charge in [0.05, 0.1) is 0 Å². The van der Waals surface area contributed by atoms with Crippen LogP contribution >= 0.6 is 0 Å². The van der Waals surface area contributed by atoms with Crippen molar-refractivity contribution < 1.29 is 0 Å². The maximum atomic E-state index is 3.88. The highest BCUT2D eigenvalue weighted by atomic mass is 14.1. The average Bonchev–Trinajstić information content (AvgIpc) is 2.25. The first kappa shape index (κ1) is 10.8. The molecule has 1 aromatic carbocycles. The van der Waals surface area contributed by atoms with Crippen molar-refractivity contribution >= 4 is 0 Å². The van der Waals surface area contributed by atoms with E-state index in [1.54, 1.807) is 0 Å². The van der Waals surface area contributed by atoms with Crippen LogP contribution in [0.1, 0.15) is 18.9 Å². The van der Waals surface area contributed by atoms with Crippen molar-refractivity contribution in [2.24, 2.45) is 5.92 Å². The van der Waals surface area contributed by atoms with Gasteiger partial charge in [-0.3, -0.25) is 0 Å². The first-order valence-corrected chi connectivity index (χ1v) is 5.14. The van der Waals surface area contributed by atoms with Gasteiger partial charge in [0.25, 0.3) is 0 Å². The van der Waals surface area contributed by atoms with E-state index < -0.39 is 0 Å². The van der Waals surface area contributed by atoms with Crippen molar-refractivity contribution in [1.82, 2.24) is 0 Å². The van der Waals surface area contributed by atoms with Crippen molar-refractivity contribution in [3.05, 3.63) is 60.7 Å². The SMILES string of the molecule is C=C[C@H](C/C=C\C)Cc1ccccc1. The molecule has 0 unspecified atom stereocenters. The Kier molecular flexibility index (Phi) is 4.77. The highest BCUT2D eigenvalue weighted by Crippen LogP contribution is 2.13. The van der Waals surface area contributed by atoms with Gasteiger partial charge in [0, 0.05) is 0 Å². The van der Waals surface area contributed by atoms with Gasteiger partial charge in [0.15, 0.2) is 0 Å². The molecule has 0 bridgehead atoms. The van der Waals surface area contributed by atoms with Crippen LogP contribution in [0.5, 0.6) is 0 Å². The van der Waals surface area contributed by atoms with Crippen LogP contribution in [0.3, 0.4) is 0 Å². The summed E-state index contributed by atoms with van der Waals surface area (Å²) in [6.07, 6.45) is 8.54. The van der Waals surface area contributed by atoms with Gasteiger partial charge in [0.1, 0.15) is 0 Å². The van der Waals surface area contributed by atoms with E-state index in [1.165, 1.54) is 5.56 Å². The summed E-state index contributed by atoms with van der Waals surface area (Å²) in [6, 6.07) is 10.6. The fraction of sp³-hybridized carbons (Fsp3) is 0.286. The summed E-state index contributed by atoms with van der Waals surface area (Å²) in [6.45, 7) is 5.93. The molecular formula is C14H18. The lowest BCUT2D eigenvalue weighted by Crippen LogP contribution is -1.99.